The van der Waals surface area contributed by atoms with Gasteiger partial charge in [-0.2, -0.15) is 0 Å². The Morgan fingerprint density at radius 3 is 2.68 bits per heavy atom. The number of nitrogen functional groups attached to an aromatic ring is 1. The molecule has 0 fully saturated rings. The molecule has 3 rings (SSSR count). The number of thiazole rings is 1. The van der Waals surface area contributed by atoms with E-state index in [0.717, 1.165) is 9.17 Å². The number of halogens is 2. The van der Waals surface area contributed by atoms with Crippen LogP contribution in [0.5, 0.6) is 5.75 Å². The molecule has 0 saturated carbocycles. The topological polar surface area (TPSA) is 77.2 Å². The van der Waals surface area contributed by atoms with Crippen molar-refractivity contribution in [3.8, 4) is 5.75 Å². The number of anilines is 2. The van der Waals surface area contributed by atoms with Gasteiger partial charge in [0, 0.05) is 10.2 Å². The zero-order chi connectivity index (χ0) is 18.2. The van der Waals surface area contributed by atoms with E-state index in [9.17, 15) is 4.79 Å². The van der Waals surface area contributed by atoms with Crippen LogP contribution < -0.4 is 15.8 Å². The smallest absolute Gasteiger partial charge is 0.267 e. The van der Waals surface area contributed by atoms with Crippen molar-refractivity contribution >= 4 is 65.8 Å². The quantitative estimate of drug-likeness (QED) is 0.592. The van der Waals surface area contributed by atoms with Crippen molar-refractivity contribution < 1.29 is 9.53 Å². The first kappa shape index (κ1) is 18.0. The second kappa shape index (κ2) is 6.82. The Kier molecular flexibility index (Phi) is 4.90. The lowest BCUT2D eigenvalue weighted by molar-refractivity contribution is -0.128. The maximum Gasteiger partial charge on any atom is 0.267 e. The van der Waals surface area contributed by atoms with Crippen molar-refractivity contribution in [1.29, 1.82) is 0 Å². The first-order valence-corrected chi connectivity index (χ1v) is 9.35. The summed E-state index contributed by atoms with van der Waals surface area (Å²) in [5, 5.41) is 3.70. The van der Waals surface area contributed by atoms with Crippen LogP contribution in [0.4, 0.5) is 10.8 Å². The molecule has 3 N–H and O–H groups in total. The standard InChI is InChI=1S/C17H15BrClN3O2S/c1-17(2,24-11-5-3-9(18)4-6-11)15(23)21-10-7-12(19)14-13(8-10)25-16(20)22-14/h3-8H,1-2H3,(H2,20,22)(H,21,23). The van der Waals surface area contributed by atoms with Crippen molar-refractivity contribution in [3.05, 3.63) is 45.9 Å². The van der Waals surface area contributed by atoms with Crippen LogP contribution in [0, 0.1) is 0 Å². The summed E-state index contributed by atoms with van der Waals surface area (Å²) in [4.78, 5) is 16.8. The summed E-state index contributed by atoms with van der Waals surface area (Å²) in [6.07, 6.45) is 0. The Labute approximate surface area is 162 Å². The van der Waals surface area contributed by atoms with E-state index in [1.807, 2.05) is 12.1 Å². The fourth-order valence-corrected chi connectivity index (χ4v) is 3.59. The Hall–Kier alpha value is -1.83. The molecule has 0 unspecified atom stereocenters. The number of carbonyl (C=O) groups excluding carboxylic acids is 1. The number of benzene rings is 2. The lowest BCUT2D eigenvalue weighted by Gasteiger charge is -2.25. The van der Waals surface area contributed by atoms with Crippen LogP contribution in [-0.4, -0.2) is 16.5 Å². The van der Waals surface area contributed by atoms with E-state index in [2.05, 4.69) is 26.2 Å². The summed E-state index contributed by atoms with van der Waals surface area (Å²) in [7, 11) is 0. The number of carbonyl (C=O) groups is 1. The van der Waals surface area contributed by atoms with Gasteiger partial charge in [-0.05, 0) is 50.2 Å². The highest BCUT2D eigenvalue weighted by Gasteiger charge is 2.30. The summed E-state index contributed by atoms with van der Waals surface area (Å²) in [6.45, 7) is 3.41. The third-order valence-electron chi connectivity index (χ3n) is 3.46. The molecular weight excluding hydrogens is 426 g/mol. The predicted octanol–water partition coefficient (Wildman–Crippen LogP) is 5.09. The number of nitrogens with one attached hydrogen (secondary N) is 1. The molecule has 1 heterocycles. The van der Waals surface area contributed by atoms with Crippen LogP contribution in [0.25, 0.3) is 10.2 Å². The Morgan fingerprint density at radius 2 is 2.00 bits per heavy atom. The molecule has 1 amide bonds. The molecule has 130 valence electrons. The third kappa shape index (κ3) is 4.05. The van der Waals surface area contributed by atoms with Crippen LogP contribution in [0.3, 0.4) is 0 Å². The highest BCUT2D eigenvalue weighted by molar-refractivity contribution is 9.10. The van der Waals surface area contributed by atoms with Crippen molar-refractivity contribution in [2.75, 3.05) is 11.1 Å². The molecule has 1 aromatic heterocycles. The van der Waals surface area contributed by atoms with Gasteiger partial charge in [-0.25, -0.2) is 4.98 Å². The molecular formula is C17H15BrClN3O2S. The number of hydrogen-bond acceptors (Lipinski definition) is 5. The van der Waals surface area contributed by atoms with Gasteiger partial charge < -0.3 is 15.8 Å². The first-order chi connectivity index (χ1) is 11.7. The summed E-state index contributed by atoms with van der Waals surface area (Å²) in [5.74, 6) is 0.315. The van der Waals surface area contributed by atoms with Gasteiger partial charge in [0.05, 0.1) is 9.72 Å². The first-order valence-electron chi connectivity index (χ1n) is 7.36. The lowest BCUT2D eigenvalue weighted by atomic mass is 10.1. The second-order valence-corrected chi connectivity index (χ2v) is 8.26. The number of aromatic nitrogens is 1. The largest absolute Gasteiger partial charge is 0.478 e. The number of nitrogens with zero attached hydrogens (tertiary/aromatic N) is 1. The summed E-state index contributed by atoms with van der Waals surface area (Å²) in [5.41, 5.74) is 5.85. The van der Waals surface area contributed by atoms with Gasteiger partial charge in [0.25, 0.3) is 5.91 Å². The number of fused-ring (bicyclic) bond motifs is 1. The zero-order valence-corrected chi connectivity index (χ0v) is 16.6. The van der Waals surface area contributed by atoms with Crippen LogP contribution in [0.1, 0.15) is 13.8 Å². The number of nitrogens with two attached hydrogens (primary N) is 1. The van der Waals surface area contributed by atoms with Gasteiger partial charge in [-0.1, -0.05) is 38.9 Å². The van der Waals surface area contributed by atoms with E-state index in [-0.39, 0.29) is 5.91 Å². The SMILES string of the molecule is CC(C)(Oc1ccc(Br)cc1)C(=O)Nc1cc(Cl)c2nc(N)sc2c1. The zero-order valence-electron chi connectivity index (χ0n) is 13.5. The summed E-state index contributed by atoms with van der Waals surface area (Å²) >= 11 is 10.9. The Bertz CT molecular complexity index is 941. The predicted molar refractivity (Wildman–Crippen MR) is 107 cm³/mol. The fraction of sp³-hybridized carbons (Fsp3) is 0.176. The summed E-state index contributed by atoms with van der Waals surface area (Å²) < 4.78 is 7.57. The molecule has 0 atom stereocenters. The highest BCUT2D eigenvalue weighted by Crippen LogP contribution is 2.33. The molecule has 5 nitrogen and oxygen atoms in total. The molecule has 0 aliphatic carbocycles. The molecule has 25 heavy (non-hydrogen) atoms. The Morgan fingerprint density at radius 1 is 1.32 bits per heavy atom. The van der Waals surface area contributed by atoms with Gasteiger partial charge >= 0.3 is 0 Å². The van der Waals surface area contributed by atoms with Gasteiger partial charge in [-0.3, -0.25) is 4.79 Å². The van der Waals surface area contributed by atoms with Crippen molar-refractivity contribution in [2.24, 2.45) is 0 Å². The van der Waals surface area contributed by atoms with E-state index >= 15 is 0 Å². The Balaban J connectivity index is 1.79. The van der Waals surface area contributed by atoms with Crippen LogP contribution in [0.15, 0.2) is 40.9 Å². The average Bonchev–Trinajstić information content (AvgIpc) is 2.90. The van der Waals surface area contributed by atoms with Crippen molar-refractivity contribution in [1.82, 2.24) is 4.98 Å². The van der Waals surface area contributed by atoms with Crippen LogP contribution in [0.2, 0.25) is 5.02 Å². The van der Waals surface area contributed by atoms with Gasteiger partial charge in [-0.15, -0.1) is 0 Å². The monoisotopic (exact) mass is 439 g/mol. The second-order valence-electron chi connectivity index (χ2n) is 5.88. The van der Waals surface area contributed by atoms with Crippen molar-refractivity contribution in [2.45, 2.75) is 19.4 Å². The molecule has 0 aliphatic heterocycles. The normalized spacial score (nSPS) is 11.5. The molecule has 0 aliphatic rings. The highest BCUT2D eigenvalue weighted by atomic mass is 79.9. The van der Waals surface area contributed by atoms with Gasteiger partial charge in [0.2, 0.25) is 0 Å². The number of ether oxygens (including phenoxy) is 1. The van der Waals surface area contributed by atoms with E-state index < -0.39 is 5.60 Å². The minimum atomic E-state index is -1.07. The fourth-order valence-electron chi connectivity index (χ4n) is 2.20. The minimum Gasteiger partial charge on any atom is -0.478 e. The van der Waals surface area contributed by atoms with Crippen LogP contribution >= 0.6 is 38.9 Å². The van der Waals surface area contributed by atoms with Crippen molar-refractivity contribution in [3.63, 3.8) is 0 Å². The molecule has 8 heteroatoms. The average molecular weight is 441 g/mol. The maximum absolute atomic E-state index is 12.6. The molecule has 0 bridgehead atoms. The number of hydrogen-bond donors (Lipinski definition) is 2. The molecule has 0 radical (unpaired) electrons. The number of rotatable bonds is 4. The molecule has 3 aromatic rings. The maximum atomic E-state index is 12.6. The van der Waals surface area contributed by atoms with Crippen LogP contribution in [-0.2, 0) is 4.79 Å². The molecule has 2 aromatic carbocycles. The van der Waals surface area contributed by atoms with E-state index in [1.54, 1.807) is 38.1 Å². The molecule has 0 saturated heterocycles. The van der Waals surface area contributed by atoms with E-state index in [4.69, 9.17) is 22.1 Å². The van der Waals surface area contributed by atoms with Gasteiger partial charge in [0.15, 0.2) is 10.7 Å². The summed E-state index contributed by atoms with van der Waals surface area (Å²) in [6, 6.07) is 10.7. The van der Waals surface area contributed by atoms with E-state index in [1.165, 1.54) is 11.3 Å². The third-order valence-corrected chi connectivity index (χ3v) is 5.10. The minimum absolute atomic E-state index is 0.289. The molecule has 0 spiro atoms. The number of amides is 1. The lowest BCUT2D eigenvalue weighted by Crippen LogP contribution is -2.42. The van der Waals surface area contributed by atoms with Gasteiger partial charge in [0.1, 0.15) is 11.3 Å². The van der Waals surface area contributed by atoms with E-state index in [0.29, 0.717) is 27.1 Å².